The van der Waals surface area contributed by atoms with Gasteiger partial charge in [0.1, 0.15) is 0 Å². The molecule has 0 aliphatic heterocycles. The van der Waals surface area contributed by atoms with E-state index in [0.29, 0.717) is 10.8 Å². The molecule has 0 saturated heterocycles. The molecule has 0 N–H and O–H groups in total. The molecule has 3 nitrogen and oxygen atoms in total. The van der Waals surface area contributed by atoms with Gasteiger partial charge >= 0.3 is 0 Å². The van der Waals surface area contributed by atoms with Crippen LogP contribution in [0.1, 0.15) is 0 Å². The Balaban J connectivity index is 1.01. The second kappa shape index (κ2) is 15.1. The van der Waals surface area contributed by atoms with E-state index in [4.69, 9.17) is 0 Å². The van der Waals surface area contributed by atoms with Crippen LogP contribution in [0.3, 0.4) is 0 Å². The number of nitrogens with zero attached hydrogens (tertiary/aromatic N) is 2. The average molecular weight is 743 g/mol. The normalized spacial score (nSPS) is 11.2. The Labute approximate surface area is 338 Å². The molecule has 0 atom stereocenters. The zero-order valence-corrected chi connectivity index (χ0v) is 31.7. The first kappa shape index (κ1) is 34.7. The van der Waals surface area contributed by atoms with Gasteiger partial charge in [-0.1, -0.05) is 158 Å². The minimum absolute atomic E-state index is 0.0561. The summed E-state index contributed by atoms with van der Waals surface area (Å²) in [6, 6.07) is 80.5. The summed E-state index contributed by atoms with van der Waals surface area (Å²) in [6.07, 6.45) is 0. The Morgan fingerprint density at radius 3 is 1.05 bits per heavy atom. The minimum atomic E-state index is 0.0561. The van der Waals surface area contributed by atoms with Crippen molar-refractivity contribution in [2.75, 3.05) is 4.90 Å². The Morgan fingerprint density at radius 2 is 0.621 bits per heavy atom. The van der Waals surface area contributed by atoms with E-state index in [-0.39, 0.29) is 5.43 Å². The van der Waals surface area contributed by atoms with Crippen LogP contribution in [0.25, 0.3) is 72.0 Å². The Kier molecular flexibility index (Phi) is 9.02. The molecule has 1 aromatic heterocycles. The summed E-state index contributed by atoms with van der Waals surface area (Å²) in [5.41, 5.74) is 15.4. The third kappa shape index (κ3) is 6.55. The molecular formula is C55H38N2O. The predicted molar refractivity (Wildman–Crippen MR) is 243 cm³/mol. The number of anilines is 3. The number of benzene rings is 9. The highest BCUT2D eigenvalue weighted by Crippen LogP contribution is 2.38. The molecule has 58 heavy (non-hydrogen) atoms. The highest BCUT2D eigenvalue weighted by Gasteiger charge is 2.16. The maximum absolute atomic E-state index is 13.5. The molecular weight excluding hydrogens is 705 g/mol. The summed E-state index contributed by atoms with van der Waals surface area (Å²) in [5.74, 6) is 0. The lowest BCUT2D eigenvalue weighted by Crippen LogP contribution is -2.10. The van der Waals surface area contributed by atoms with E-state index in [9.17, 15) is 4.79 Å². The van der Waals surface area contributed by atoms with Crippen molar-refractivity contribution in [2.45, 2.75) is 0 Å². The fourth-order valence-corrected chi connectivity index (χ4v) is 8.07. The van der Waals surface area contributed by atoms with Crippen LogP contribution in [-0.2, 0) is 0 Å². The van der Waals surface area contributed by atoms with Crippen molar-refractivity contribution in [2.24, 2.45) is 0 Å². The topological polar surface area (TPSA) is 25.2 Å². The van der Waals surface area contributed by atoms with Gasteiger partial charge in [0.05, 0.1) is 11.0 Å². The highest BCUT2D eigenvalue weighted by molar-refractivity contribution is 5.95. The zero-order chi connectivity index (χ0) is 38.8. The summed E-state index contributed by atoms with van der Waals surface area (Å²) in [4.78, 5) is 15.8. The number of rotatable bonds is 8. The van der Waals surface area contributed by atoms with Crippen LogP contribution in [0.2, 0.25) is 0 Å². The molecule has 0 saturated carbocycles. The molecule has 0 radical (unpaired) electrons. The molecule has 0 aliphatic rings. The van der Waals surface area contributed by atoms with E-state index in [1.54, 1.807) is 0 Å². The first-order valence-corrected chi connectivity index (χ1v) is 19.6. The number of hydrogen-bond donors (Lipinski definition) is 0. The van der Waals surface area contributed by atoms with E-state index in [0.717, 1.165) is 44.9 Å². The Morgan fingerprint density at radius 1 is 0.293 bits per heavy atom. The van der Waals surface area contributed by atoms with Crippen LogP contribution in [0.4, 0.5) is 17.1 Å². The van der Waals surface area contributed by atoms with Crippen LogP contribution in [0.15, 0.2) is 235 Å². The van der Waals surface area contributed by atoms with Gasteiger partial charge in [-0.15, -0.1) is 0 Å². The molecule has 9 aromatic carbocycles. The average Bonchev–Trinajstić information content (AvgIpc) is 3.31. The molecule has 3 heteroatoms. The third-order valence-electron chi connectivity index (χ3n) is 11.0. The first-order valence-electron chi connectivity index (χ1n) is 19.6. The number of aromatic nitrogens is 1. The van der Waals surface area contributed by atoms with Gasteiger partial charge in [-0.25, -0.2) is 0 Å². The van der Waals surface area contributed by atoms with E-state index < -0.39 is 0 Å². The van der Waals surface area contributed by atoms with Crippen LogP contribution >= 0.6 is 0 Å². The minimum Gasteiger partial charge on any atom is -0.311 e. The summed E-state index contributed by atoms with van der Waals surface area (Å²) < 4.78 is 2.20. The maximum Gasteiger partial charge on any atom is 0.197 e. The molecule has 274 valence electrons. The van der Waals surface area contributed by atoms with Crippen molar-refractivity contribution in [1.82, 2.24) is 4.57 Å². The van der Waals surface area contributed by atoms with Crippen molar-refractivity contribution >= 4 is 38.9 Å². The molecule has 10 aromatic rings. The van der Waals surface area contributed by atoms with Gasteiger partial charge in [-0.3, -0.25) is 4.79 Å². The standard InChI is InChI=1S/C55H38N2O/c58-55-51-18-7-9-20-53(51)57(54-21-10-8-19-52(54)55)50-17-11-16-46(38-50)45-30-36-49(37-31-45)56(47-32-26-43(27-33-47)40-14-5-2-6-15-40)48-34-28-44(29-35-48)42-24-22-41(23-25-42)39-12-3-1-4-13-39/h1-38H. The Hall–Kier alpha value is -7.75. The second-order valence-corrected chi connectivity index (χ2v) is 14.5. The van der Waals surface area contributed by atoms with Crippen molar-refractivity contribution in [3.63, 3.8) is 0 Å². The summed E-state index contributed by atoms with van der Waals surface area (Å²) in [6.45, 7) is 0. The molecule has 10 rings (SSSR count). The number of hydrogen-bond acceptors (Lipinski definition) is 2. The number of para-hydroxylation sites is 2. The fraction of sp³-hybridized carbons (Fsp3) is 0. The van der Waals surface area contributed by atoms with E-state index in [2.05, 4.69) is 185 Å². The zero-order valence-electron chi connectivity index (χ0n) is 31.7. The second-order valence-electron chi connectivity index (χ2n) is 14.5. The van der Waals surface area contributed by atoms with Crippen LogP contribution < -0.4 is 10.3 Å². The molecule has 0 amide bonds. The lowest BCUT2D eigenvalue weighted by molar-refractivity contribution is 1.16. The van der Waals surface area contributed by atoms with Gasteiger partial charge in [-0.05, 0) is 117 Å². The summed E-state index contributed by atoms with van der Waals surface area (Å²) >= 11 is 0. The van der Waals surface area contributed by atoms with E-state index in [1.807, 2.05) is 54.6 Å². The largest absolute Gasteiger partial charge is 0.311 e. The van der Waals surface area contributed by atoms with Gasteiger partial charge in [0, 0.05) is 33.5 Å². The van der Waals surface area contributed by atoms with Crippen molar-refractivity contribution in [1.29, 1.82) is 0 Å². The SMILES string of the molecule is O=c1c2ccccc2n(-c2cccc(-c3ccc(N(c4ccc(-c5ccccc5)cc4)c4ccc(-c5ccc(-c6ccccc6)cc5)cc4)cc3)c2)c2ccccc12. The summed E-state index contributed by atoms with van der Waals surface area (Å²) in [7, 11) is 0. The molecule has 0 unspecified atom stereocenters. The third-order valence-corrected chi connectivity index (χ3v) is 11.0. The lowest BCUT2D eigenvalue weighted by atomic mass is 10.00. The predicted octanol–water partition coefficient (Wildman–Crippen LogP) is 14.3. The fourth-order valence-electron chi connectivity index (χ4n) is 8.07. The van der Waals surface area contributed by atoms with Crippen molar-refractivity contribution in [3.05, 3.63) is 241 Å². The molecule has 0 spiro atoms. The Bertz CT molecular complexity index is 3020. The van der Waals surface area contributed by atoms with Gasteiger partial charge in [-0.2, -0.15) is 0 Å². The van der Waals surface area contributed by atoms with Gasteiger partial charge in [0.2, 0.25) is 0 Å². The summed E-state index contributed by atoms with van der Waals surface area (Å²) in [5, 5.41) is 1.42. The monoisotopic (exact) mass is 742 g/mol. The number of fused-ring (bicyclic) bond motifs is 2. The quantitative estimate of drug-likeness (QED) is 0.145. The molecule has 0 bridgehead atoms. The number of pyridine rings is 1. The van der Waals surface area contributed by atoms with Gasteiger partial charge in [0.15, 0.2) is 5.43 Å². The smallest absolute Gasteiger partial charge is 0.197 e. The van der Waals surface area contributed by atoms with Crippen LogP contribution in [-0.4, -0.2) is 4.57 Å². The van der Waals surface area contributed by atoms with Crippen molar-refractivity contribution < 1.29 is 0 Å². The molecule has 0 aliphatic carbocycles. The molecule has 0 fully saturated rings. The van der Waals surface area contributed by atoms with Crippen LogP contribution in [0, 0.1) is 0 Å². The highest BCUT2D eigenvalue weighted by atomic mass is 16.1. The molecule has 1 heterocycles. The van der Waals surface area contributed by atoms with Crippen molar-refractivity contribution in [3.8, 4) is 50.2 Å². The lowest BCUT2D eigenvalue weighted by Gasteiger charge is -2.26. The maximum atomic E-state index is 13.5. The van der Waals surface area contributed by atoms with Gasteiger partial charge < -0.3 is 9.47 Å². The van der Waals surface area contributed by atoms with Crippen LogP contribution in [0.5, 0.6) is 0 Å². The van der Waals surface area contributed by atoms with E-state index in [1.165, 1.54) is 33.4 Å². The van der Waals surface area contributed by atoms with Gasteiger partial charge in [0.25, 0.3) is 0 Å². The first-order chi connectivity index (χ1) is 28.7. The van der Waals surface area contributed by atoms with E-state index >= 15 is 0 Å².